The average molecular weight is 337 g/mol. The second-order valence-corrected chi connectivity index (χ2v) is 6.78. The van der Waals surface area contributed by atoms with Crippen molar-refractivity contribution in [3.63, 3.8) is 0 Å². The fourth-order valence-electron chi connectivity index (χ4n) is 3.78. The maximum Gasteiger partial charge on any atom is 0.207 e. The third kappa shape index (κ3) is 2.34. The first kappa shape index (κ1) is 15.0. The van der Waals surface area contributed by atoms with Gasteiger partial charge in [0, 0.05) is 17.5 Å². The van der Waals surface area contributed by atoms with Gasteiger partial charge in [-0.05, 0) is 42.3 Å². The van der Waals surface area contributed by atoms with E-state index in [9.17, 15) is 0 Å². The van der Waals surface area contributed by atoms with E-state index < -0.39 is 0 Å². The number of rotatable bonds is 2. The molecule has 0 saturated heterocycles. The molecule has 0 aliphatic carbocycles. The highest BCUT2D eigenvalue weighted by atomic mass is 16.3. The van der Waals surface area contributed by atoms with Gasteiger partial charge in [-0.15, -0.1) is 0 Å². The van der Waals surface area contributed by atoms with Gasteiger partial charge in [-0.3, -0.25) is 4.90 Å². The van der Waals surface area contributed by atoms with Crippen molar-refractivity contribution in [2.75, 3.05) is 4.90 Å². The molecule has 0 amide bonds. The molecule has 0 spiro atoms. The highest BCUT2D eigenvalue weighted by Gasteiger charge is 2.28. The minimum Gasteiger partial charge on any atom is -0.448 e. The molecule has 2 heterocycles. The molecule has 1 aliphatic rings. The lowest BCUT2D eigenvalue weighted by Gasteiger charge is -2.31. The van der Waals surface area contributed by atoms with Gasteiger partial charge in [0.15, 0.2) is 0 Å². The van der Waals surface area contributed by atoms with Gasteiger partial charge in [-0.1, -0.05) is 60.2 Å². The second-order valence-electron chi connectivity index (χ2n) is 6.78. The summed E-state index contributed by atoms with van der Waals surface area (Å²) in [5.41, 5.74) is 8.55. The first-order chi connectivity index (χ1) is 12.8. The van der Waals surface area contributed by atoms with Crippen molar-refractivity contribution >= 4 is 17.3 Å². The zero-order chi connectivity index (χ0) is 17.5. The van der Waals surface area contributed by atoms with Gasteiger partial charge in [0.2, 0.25) is 5.88 Å². The number of para-hydroxylation sites is 1. The summed E-state index contributed by atoms with van der Waals surface area (Å²) < 4.78 is 5.93. The van der Waals surface area contributed by atoms with Crippen LogP contribution in [0.3, 0.4) is 0 Å². The van der Waals surface area contributed by atoms with Crippen LogP contribution in [0.4, 0.5) is 17.3 Å². The first-order valence-electron chi connectivity index (χ1n) is 8.92. The zero-order valence-electron chi connectivity index (χ0n) is 14.6. The van der Waals surface area contributed by atoms with Crippen LogP contribution >= 0.6 is 0 Å². The summed E-state index contributed by atoms with van der Waals surface area (Å²) in [5.74, 6) is 0.921. The van der Waals surface area contributed by atoms with Gasteiger partial charge in [-0.25, -0.2) is 0 Å². The van der Waals surface area contributed by atoms with Gasteiger partial charge in [0.05, 0.1) is 17.6 Å². The third-order valence-corrected chi connectivity index (χ3v) is 5.02. The monoisotopic (exact) mass is 337 g/mol. The number of hydrogen-bond acceptors (Lipinski definition) is 2. The number of furan rings is 1. The smallest absolute Gasteiger partial charge is 0.207 e. The van der Waals surface area contributed by atoms with Gasteiger partial charge in [0.1, 0.15) is 0 Å². The zero-order valence-corrected chi connectivity index (χ0v) is 14.6. The molecule has 2 nitrogen and oxygen atoms in total. The van der Waals surface area contributed by atoms with Gasteiger partial charge < -0.3 is 4.42 Å². The lowest BCUT2D eigenvalue weighted by atomic mass is 9.96. The van der Waals surface area contributed by atoms with E-state index in [4.69, 9.17) is 4.42 Å². The van der Waals surface area contributed by atoms with Crippen molar-refractivity contribution in [1.82, 2.24) is 0 Å². The SMILES string of the molecule is Cc1ccc(N2c3ccccc3Cc3ccoc32)c(-c2ccccc2)c1. The molecule has 3 aromatic carbocycles. The van der Waals surface area contributed by atoms with Crippen LogP contribution in [0.15, 0.2) is 89.5 Å². The summed E-state index contributed by atoms with van der Waals surface area (Å²) in [7, 11) is 0. The molecule has 0 atom stereocenters. The van der Waals surface area contributed by atoms with Crippen molar-refractivity contribution < 1.29 is 4.42 Å². The van der Waals surface area contributed by atoms with Crippen LogP contribution in [-0.4, -0.2) is 0 Å². The van der Waals surface area contributed by atoms with Crippen molar-refractivity contribution in [3.8, 4) is 11.1 Å². The Labute approximate surface area is 153 Å². The molecule has 1 aromatic heterocycles. The Morgan fingerprint density at radius 2 is 1.58 bits per heavy atom. The molecular weight excluding hydrogens is 318 g/mol. The number of anilines is 3. The lowest BCUT2D eigenvalue weighted by molar-refractivity contribution is 0.569. The minimum atomic E-state index is 0.908. The number of hydrogen-bond donors (Lipinski definition) is 0. The van der Waals surface area contributed by atoms with E-state index in [2.05, 4.69) is 90.7 Å². The molecule has 126 valence electrons. The van der Waals surface area contributed by atoms with Crippen molar-refractivity contribution in [3.05, 3.63) is 102 Å². The van der Waals surface area contributed by atoms with Crippen LogP contribution in [0.25, 0.3) is 11.1 Å². The van der Waals surface area contributed by atoms with Crippen LogP contribution in [0.5, 0.6) is 0 Å². The summed E-state index contributed by atoms with van der Waals surface area (Å²) >= 11 is 0. The molecule has 2 heteroatoms. The Kier molecular flexibility index (Phi) is 3.42. The van der Waals surface area contributed by atoms with Crippen LogP contribution in [0, 0.1) is 6.92 Å². The Balaban J connectivity index is 1.78. The van der Waals surface area contributed by atoms with Crippen molar-refractivity contribution in [1.29, 1.82) is 0 Å². The highest BCUT2D eigenvalue weighted by Crippen LogP contribution is 2.47. The van der Waals surface area contributed by atoms with E-state index in [1.165, 1.54) is 33.5 Å². The number of aryl methyl sites for hydroxylation is 1. The van der Waals surface area contributed by atoms with E-state index in [1.807, 2.05) is 0 Å². The largest absolute Gasteiger partial charge is 0.448 e. The Morgan fingerprint density at radius 1 is 0.769 bits per heavy atom. The predicted molar refractivity (Wildman–Crippen MR) is 106 cm³/mol. The molecule has 0 unspecified atom stereocenters. The van der Waals surface area contributed by atoms with Gasteiger partial charge in [-0.2, -0.15) is 0 Å². The molecule has 4 aromatic rings. The Hall–Kier alpha value is -3.26. The summed E-state index contributed by atoms with van der Waals surface area (Å²) in [6.45, 7) is 2.14. The van der Waals surface area contributed by atoms with E-state index in [-0.39, 0.29) is 0 Å². The van der Waals surface area contributed by atoms with Gasteiger partial charge >= 0.3 is 0 Å². The summed E-state index contributed by atoms with van der Waals surface area (Å²) in [6.07, 6.45) is 2.70. The second kappa shape index (κ2) is 5.92. The lowest BCUT2D eigenvalue weighted by Crippen LogP contribution is -2.18. The maximum absolute atomic E-state index is 5.93. The Bertz CT molecular complexity index is 1080. The first-order valence-corrected chi connectivity index (χ1v) is 8.92. The number of benzene rings is 3. The molecule has 0 radical (unpaired) electrons. The van der Waals surface area contributed by atoms with Crippen LogP contribution in [0.2, 0.25) is 0 Å². The van der Waals surface area contributed by atoms with Crippen molar-refractivity contribution in [2.24, 2.45) is 0 Å². The minimum absolute atomic E-state index is 0.908. The molecular formula is C24H19NO. The van der Waals surface area contributed by atoms with Crippen LogP contribution in [-0.2, 0) is 6.42 Å². The fourth-order valence-corrected chi connectivity index (χ4v) is 3.78. The summed E-state index contributed by atoms with van der Waals surface area (Å²) in [5, 5.41) is 0. The molecule has 26 heavy (non-hydrogen) atoms. The quantitative estimate of drug-likeness (QED) is 0.359. The predicted octanol–water partition coefficient (Wildman–Crippen LogP) is 6.63. The molecule has 1 aliphatic heterocycles. The van der Waals surface area contributed by atoms with Gasteiger partial charge in [0.25, 0.3) is 0 Å². The van der Waals surface area contributed by atoms with E-state index in [1.54, 1.807) is 6.26 Å². The molecule has 0 bridgehead atoms. The van der Waals surface area contributed by atoms with E-state index >= 15 is 0 Å². The molecule has 0 saturated carbocycles. The molecule has 0 N–H and O–H groups in total. The molecule has 5 rings (SSSR count). The molecule has 0 fully saturated rings. The maximum atomic E-state index is 5.93. The number of fused-ring (bicyclic) bond motifs is 2. The standard InChI is InChI=1S/C24H19NO/c1-17-11-12-23(21(15-17)18-7-3-2-4-8-18)25-22-10-6-5-9-19(22)16-20-13-14-26-24(20)25/h2-15H,16H2,1H3. The highest BCUT2D eigenvalue weighted by molar-refractivity contribution is 5.89. The fraction of sp³-hybridized carbons (Fsp3) is 0.0833. The normalized spacial score (nSPS) is 12.6. The van der Waals surface area contributed by atoms with Crippen LogP contribution < -0.4 is 4.90 Å². The van der Waals surface area contributed by atoms with Crippen LogP contribution in [0.1, 0.15) is 16.7 Å². The summed E-state index contributed by atoms with van der Waals surface area (Å²) in [4.78, 5) is 2.26. The van der Waals surface area contributed by atoms with Crippen molar-refractivity contribution in [2.45, 2.75) is 13.3 Å². The van der Waals surface area contributed by atoms with E-state index in [0.29, 0.717) is 0 Å². The number of nitrogens with zero attached hydrogens (tertiary/aromatic N) is 1. The topological polar surface area (TPSA) is 16.4 Å². The third-order valence-electron chi connectivity index (χ3n) is 5.02. The summed E-state index contributed by atoms with van der Waals surface area (Å²) in [6, 6.07) is 27.8. The average Bonchev–Trinajstić information content (AvgIpc) is 3.15. The Morgan fingerprint density at radius 3 is 2.46 bits per heavy atom. The van der Waals surface area contributed by atoms with E-state index in [0.717, 1.165) is 18.0 Å².